The lowest BCUT2D eigenvalue weighted by molar-refractivity contribution is 0.257. The van der Waals surface area contributed by atoms with Crippen LogP contribution in [0.15, 0.2) is 24.3 Å². The van der Waals surface area contributed by atoms with Crippen molar-refractivity contribution in [2.75, 3.05) is 20.1 Å². The van der Waals surface area contributed by atoms with Crippen molar-refractivity contribution in [1.82, 2.24) is 4.90 Å². The van der Waals surface area contributed by atoms with E-state index >= 15 is 0 Å². The van der Waals surface area contributed by atoms with Crippen molar-refractivity contribution in [2.24, 2.45) is 11.8 Å². The standard InChI is InChI=1S/C15H21NO/c1-16-9-12-5-3-7-14(15(12)10-16)11-4-2-6-13(17)8-11/h2,4,6,8,12,14-15,17H,3,5,7,9-10H2,1H3/t12-,14?,15?/m0/s1. The Morgan fingerprint density at radius 1 is 1.24 bits per heavy atom. The molecule has 92 valence electrons. The van der Waals surface area contributed by atoms with Crippen LogP contribution in [0.4, 0.5) is 0 Å². The molecule has 1 saturated heterocycles. The van der Waals surface area contributed by atoms with E-state index in [1.165, 1.54) is 37.9 Å². The van der Waals surface area contributed by atoms with Crippen LogP contribution in [-0.2, 0) is 0 Å². The first kappa shape index (κ1) is 11.1. The Kier molecular flexibility index (Phi) is 2.83. The molecule has 17 heavy (non-hydrogen) atoms. The van der Waals surface area contributed by atoms with Gasteiger partial charge in [0.15, 0.2) is 0 Å². The summed E-state index contributed by atoms with van der Waals surface area (Å²) in [6, 6.07) is 7.90. The van der Waals surface area contributed by atoms with Gasteiger partial charge in [0.25, 0.3) is 0 Å². The predicted molar refractivity (Wildman–Crippen MR) is 69.2 cm³/mol. The van der Waals surface area contributed by atoms with E-state index in [0.29, 0.717) is 11.7 Å². The molecule has 1 aliphatic heterocycles. The lowest BCUT2D eigenvalue weighted by atomic mass is 9.71. The van der Waals surface area contributed by atoms with E-state index in [4.69, 9.17) is 0 Å². The lowest BCUT2D eigenvalue weighted by Gasteiger charge is -2.33. The first-order chi connectivity index (χ1) is 8.24. The van der Waals surface area contributed by atoms with Gasteiger partial charge in [0.1, 0.15) is 5.75 Å². The zero-order chi connectivity index (χ0) is 11.8. The van der Waals surface area contributed by atoms with Crippen molar-refractivity contribution in [3.8, 4) is 5.75 Å². The summed E-state index contributed by atoms with van der Waals surface area (Å²) in [4.78, 5) is 2.47. The molecular formula is C15H21NO. The SMILES string of the molecule is CN1CC2C(c3cccc(O)c3)CCC[C@H]2C1. The van der Waals surface area contributed by atoms with Gasteiger partial charge in [0.05, 0.1) is 0 Å². The van der Waals surface area contributed by atoms with E-state index in [9.17, 15) is 5.11 Å². The number of likely N-dealkylation sites (tertiary alicyclic amines) is 1. The second-order valence-electron chi connectivity index (χ2n) is 5.78. The lowest BCUT2D eigenvalue weighted by Crippen LogP contribution is -2.25. The summed E-state index contributed by atoms with van der Waals surface area (Å²) in [7, 11) is 2.23. The number of phenols is 1. The highest BCUT2D eigenvalue weighted by Crippen LogP contribution is 2.45. The monoisotopic (exact) mass is 231 g/mol. The highest BCUT2D eigenvalue weighted by Gasteiger charge is 2.39. The molecule has 1 aromatic carbocycles. The minimum Gasteiger partial charge on any atom is -0.508 e. The van der Waals surface area contributed by atoms with Crippen LogP contribution in [0.2, 0.25) is 0 Å². The summed E-state index contributed by atoms with van der Waals surface area (Å²) in [5.74, 6) is 2.75. The molecule has 0 aromatic heterocycles. The Hall–Kier alpha value is -1.02. The Morgan fingerprint density at radius 3 is 2.94 bits per heavy atom. The average molecular weight is 231 g/mol. The largest absolute Gasteiger partial charge is 0.508 e. The fourth-order valence-electron chi connectivity index (χ4n) is 3.86. The molecule has 1 N–H and O–H groups in total. The van der Waals surface area contributed by atoms with Gasteiger partial charge in [-0.3, -0.25) is 0 Å². The Morgan fingerprint density at radius 2 is 2.12 bits per heavy atom. The first-order valence-electron chi connectivity index (χ1n) is 6.71. The highest BCUT2D eigenvalue weighted by atomic mass is 16.3. The zero-order valence-electron chi connectivity index (χ0n) is 10.5. The molecule has 0 radical (unpaired) electrons. The van der Waals surface area contributed by atoms with Crippen molar-refractivity contribution in [2.45, 2.75) is 25.2 Å². The van der Waals surface area contributed by atoms with Gasteiger partial charge in [0.2, 0.25) is 0 Å². The molecule has 2 heteroatoms. The molecule has 0 amide bonds. The molecule has 3 atom stereocenters. The minimum atomic E-state index is 0.413. The fraction of sp³-hybridized carbons (Fsp3) is 0.600. The number of benzene rings is 1. The van der Waals surface area contributed by atoms with Crippen molar-refractivity contribution in [3.05, 3.63) is 29.8 Å². The van der Waals surface area contributed by atoms with Gasteiger partial charge in [0, 0.05) is 13.1 Å². The van der Waals surface area contributed by atoms with Gasteiger partial charge < -0.3 is 10.0 Å². The molecule has 2 nitrogen and oxygen atoms in total. The van der Waals surface area contributed by atoms with E-state index in [0.717, 1.165) is 11.8 Å². The third-order valence-corrected chi connectivity index (χ3v) is 4.58. The maximum atomic E-state index is 9.63. The van der Waals surface area contributed by atoms with Crippen LogP contribution in [0.5, 0.6) is 5.75 Å². The van der Waals surface area contributed by atoms with Crippen molar-refractivity contribution < 1.29 is 5.11 Å². The molecule has 1 aromatic rings. The second kappa shape index (κ2) is 4.34. The summed E-state index contributed by atoms with van der Waals surface area (Å²) in [6.45, 7) is 2.49. The van der Waals surface area contributed by atoms with E-state index < -0.39 is 0 Å². The van der Waals surface area contributed by atoms with Crippen molar-refractivity contribution in [1.29, 1.82) is 0 Å². The molecule has 0 spiro atoms. The first-order valence-corrected chi connectivity index (χ1v) is 6.71. The Labute approximate surface area is 103 Å². The average Bonchev–Trinajstić information content (AvgIpc) is 2.68. The van der Waals surface area contributed by atoms with Crippen LogP contribution in [0.25, 0.3) is 0 Å². The van der Waals surface area contributed by atoms with E-state index in [2.05, 4.69) is 18.0 Å². The van der Waals surface area contributed by atoms with E-state index in [1.807, 2.05) is 12.1 Å². The normalized spacial score (nSPS) is 33.6. The molecule has 2 fully saturated rings. The quantitative estimate of drug-likeness (QED) is 0.803. The van der Waals surface area contributed by atoms with Crippen LogP contribution >= 0.6 is 0 Å². The molecule has 0 bridgehead atoms. The zero-order valence-corrected chi connectivity index (χ0v) is 10.5. The van der Waals surface area contributed by atoms with E-state index in [1.54, 1.807) is 6.07 Å². The van der Waals surface area contributed by atoms with Crippen LogP contribution in [0.3, 0.4) is 0 Å². The Balaban J connectivity index is 1.87. The third kappa shape index (κ3) is 2.06. The number of rotatable bonds is 1. The Bertz CT molecular complexity index is 404. The molecule has 2 aliphatic rings. The predicted octanol–water partition coefficient (Wildman–Crippen LogP) is 2.84. The molecule has 2 unspecified atom stereocenters. The summed E-state index contributed by atoms with van der Waals surface area (Å²) in [5, 5.41) is 9.63. The van der Waals surface area contributed by atoms with E-state index in [-0.39, 0.29) is 0 Å². The van der Waals surface area contributed by atoms with Gasteiger partial charge >= 0.3 is 0 Å². The smallest absolute Gasteiger partial charge is 0.115 e. The number of hydrogen-bond donors (Lipinski definition) is 1. The number of fused-ring (bicyclic) bond motifs is 1. The number of hydrogen-bond acceptors (Lipinski definition) is 2. The van der Waals surface area contributed by atoms with Crippen LogP contribution in [0, 0.1) is 11.8 Å². The molecule has 3 rings (SSSR count). The number of aromatic hydroxyl groups is 1. The molecule has 1 heterocycles. The highest BCUT2D eigenvalue weighted by molar-refractivity contribution is 5.31. The van der Waals surface area contributed by atoms with Gasteiger partial charge in [-0.1, -0.05) is 18.6 Å². The molecule has 1 aliphatic carbocycles. The van der Waals surface area contributed by atoms with Crippen molar-refractivity contribution >= 4 is 0 Å². The van der Waals surface area contributed by atoms with Gasteiger partial charge in [-0.15, -0.1) is 0 Å². The minimum absolute atomic E-state index is 0.413. The molecular weight excluding hydrogens is 210 g/mol. The van der Waals surface area contributed by atoms with Crippen LogP contribution in [0.1, 0.15) is 30.7 Å². The molecule has 1 saturated carbocycles. The third-order valence-electron chi connectivity index (χ3n) is 4.58. The number of nitrogens with zero attached hydrogens (tertiary/aromatic N) is 1. The van der Waals surface area contributed by atoms with Crippen LogP contribution in [-0.4, -0.2) is 30.1 Å². The maximum Gasteiger partial charge on any atom is 0.115 e. The summed E-state index contributed by atoms with van der Waals surface area (Å²) in [6.07, 6.45) is 4.03. The van der Waals surface area contributed by atoms with Gasteiger partial charge in [-0.05, 0) is 55.3 Å². The fourth-order valence-corrected chi connectivity index (χ4v) is 3.86. The maximum absolute atomic E-state index is 9.63. The summed E-state index contributed by atoms with van der Waals surface area (Å²) < 4.78 is 0. The van der Waals surface area contributed by atoms with Crippen LogP contribution < -0.4 is 0 Å². The second-order valence-corrected chi connectivity index (χ2v) is 5.78. The van der Waals surface area contributed by atoms with Gasteiger partial charge in [-0.25, -0.2) is 0 Å². The summed E-state index contributed by atoms with van der Waals surface area (Å²) in [5.41, 5.74) is 1.34. The summed E-state index contributed by atoms with van der Waals surface area (Å²) >= 11 is 0. The topological polar surface area (TPSA) is 23.5 Å². The van der Waals surface area contributed by atoms with Gasteiger partial charge in [-0.2, -0.15) is 0 Å². The van der Waals surface area contributed by atoms with Crippen molar-refractivity contribution in [3.63, 3.8) is 0 Å². The number of phenolic OH excluding ortho intramolecular Hbond substituents is 1.